The van der Waals surface area contributed by atoms with Gasteiger partial charge in [0.05, 0.1) is 19.5 Å². The number of rotatable bonds is 4. The van der Waals surface area contributed by atoms with Gasteiger partial charge in [-0.2, -0.15) is 0 Å². The first-order chi connectivity index (χ1) is 15.2. The number of aromatic amines is 1. The fourth-order valence-electron chi connectivity index (χ4n) is 3.54. The van der Waals surface area contributed by atoms with Crippen LogP contribution in [0.1, 0.15) is 12.0 Å². The Morgan fingerprint density at radius 1 is 1.13 bits per heavy atom. The number of benzene rings is 2. The van der Waals surface area contributed by atoms with Crippen LogP contribution in [0, 0.1) is 6.92 Å². The number of amides is 2. The number of hydrogen-bond acceptors (Lipinski definition) is 6. The highest BCUT2D eigenvalue weighted by molar-refractivity contribution is 5.93. The molecule has 0 unspecified atom stereocenters. The number of H-pyrrole nitrogens is 1. The van der Waals surface area contributed by atoms with Crippen LogP contribution >= 0.6 is 0 Å². The van der Waals surface area contributed by atoms with Crippen LogP contribution in [0.5, 0.6) is 0 Å². The van der Waals surface area contributed by atoms with Gasteiger partial charge < -0.3 is 15.6 Å². The van der Waals surface area contributed by atoms with E-state index in [4.69, 9.17) is 4.84 Å². The Hall–Kier alpha value is -3.98. The predicted octanol–water partition coefficient (Wildman–Crippen LogP) is 4.24. The molecule has 4 aromatic rings. The molecule has 0 atom stereocenters. The third-order valence-electron chi connectivity index (χ3n) is 5.14. The summed E-state index contributed by atoms with van der Waals surface area (Å²) in [5.41, 5.74) is 6.56. The molecular weight excluding hydrogens is 394 g/mol. The first kappa shape index (κ1) is 19.0. The van der Waals surface area contributed by atoms with Crippen LogP contribution in [0.2, 0.25) is 0 Å². The lowest BCUT2D eigenvalue weighted by Gasteiger charge is -2.17. The van der Waals surface area contributed by atoms with Crippen molar-refractivity contribution in [2.24, 2.45) is 0 Å². The second-order valence-electron chi connectivity index (χ2n) is 7.24. The van der Waals surface area contributed by atoms with Crippen molar-refractivity contribution in [1.82, 2.24) is 25.0 Å². The Morgan fingerprint density at radius 2 is 2.03 bits per heavy atom. The Bertz CT molecular complexity index is 1250. The second kappa shape index (κ2) is 8.04. The summed E-state index contributed by atoms with van der Waals surface area (Å²) in [6.45, 7) is 3.17. The molecule has 1 aliphatic rings. The van der Waals surface area contributed by atoms with Gasteiger partial charge in [0, 0.05) is 22.6 Å². The molecule has 1 aliphatic heterocycles. The van der Waals surface area contributed by atoms with Crippen LogP contribution < -0.4 is 10.6 Å². The molecule has 156 valence electrons. The fraction of sp³-hybridized carbons (Fsp3) is 0.182. The lowest BCUT2D eigenvalue weighted by atomic mass is 10.1. The van der Waals surface area contributed by atoms with Crippen LogP contribution in [-0.4, -0.2) is 44.2 Å². The zero-order valence-corrected chi connectivity index (χ0v) is 16.9. The summed E-state index contributed by atoms with van der Waals surface area (Å²) < 4.78 is 0. The van der Waals surface area contributed by atoms with Gasteiger partial charge in [-0.3, -0.25) is 4.84 Å². The Morgan fingerprint density at radius 3 is 2.90 bits per heavy atom. The van der Waals surface area contributed by atoms with Crippen LogP contribution in [0.3, 0.4) is 0 Å². The Labute approximate surface area is 178 Å². The van der Waals surface area contributed by atoms with Gasteiger partial charge in [0.25, 0.3) is 0 Å². The SMILES string of the molecule is Cc1ccc(NC(=O)N2CCCO2)cc1Nc1ccccc1-c1ncnc2nc[nH]c12. The molecule has 2 aromatic carbocycles. The van der Waals surface area contributed by atoms with Gasteiger partial charge >= 0.3 is 6.03 Å². The van der Waals surface area contributed by atoms with Gasteiger partial charge in [-0.05, 0) is 37.1 Å². The Balaban J connectivity index is 1.45. The van der Waals surface area contributed by atoms with E-state index in [0.29, 0.717) is 24.5 Å². The van der Waals surface area contributed by atoms with Crippen LogP contribution in [-0.2, 0) is 4.84 Å². The molecule has 31 heavy (non-hydrogen) atoms. The van der Waals surface area contributed by atoms with Gasteiger partial charge in [-0.1, -0.05) is 24.3 Å². The fourth-order valence-corrected chi connectivity index (χ4v) is 3.54. The van der Waals surface area contributed by atoms with Crippen LogP contribution in [0.4, 0.5) is 21.9 Å². The number of fused-ring (bicyclic) bond motifs is 1. The monoisotopic (exact) mass is 415 g/mol. The number of aryl methyl sites for hydroxylation is 1. The largest absolute Gasteiger partial charge is 0.355 e. The van der Waals surface area contributed by atoms with Gasteiger partial charge in [0.1, 0.15) is 17.5 Å². The van der Waals surface area contributed by atoms with Gasteiger partial charge in [0.15, 0.2) is 5.65 Å². The minimum Gasteiger partial charge on any atom is -0.355 e. The molecule has 3 heterocycles. The quantitative estimate of drug-likeness (QED) is 0.460. The van der Waals surface area contributed by atoms with Gasteiger partial charge in [0.2, 0.25) is 0 Å². The zero-order valence-electron chi connectivity index (χ0n) is 16.9. The van der Waals surface area contributed by atoms with Crippen LogP contribution in [0.15, 0.2) is 55.1 Å². The van der Waals surface area contributed by atoms with Crippen molar-refractivity contribution < 1.29 is 9.63 Å². The van der Waals surface area contributed by atoms with E-state index >= 15 is 0 Å². The summed E-state index contributed by atoms with van der Waals surface area (Å²) in [6, 6.07) is 13.4. The van der Waals surface area contributed by atoms with Gasteiger partial charge in [-0.15, -0.1) is 0 Å². The highest BCUT2D eigenvalue weighted by atomic mass is 16.7. The molecule has 0 spiro atoms. The number of urea groups is 1. The third kappa shape index (κ3) is 3.78. The molecule has 5 rings (SSSR count). The highest BCUT2D eigenvalue weighted by Gasteiger charge is 2.19. The number of nitrogens with zero attached hydrogens (tertiary/aromatic N) is 4. The van der Waals surface area contributed by atoms with E-state index < -0.39 is 0 Å². The molecular formula is C22H21N7O2. The topological polar surface area (TPSA) is 108 Å². The van der Waals surface area contributed by atoms with E-state index in [0.717, 1.165) is 40.1 Å². The van der Waals surface area contributed by atoms with E-state index in [9.17, 15) is 4.79 Å². The lowest BCUT2D eigenvalue weighted by Crippen LogP contribution is -2.31. The first-order valence-corrected chi connectivity index (χ1v) is 10.0. The summed E-state index contributed by atoms with van der Waals surface area (Å²) in [7, 11) is 0. The number of imidazole rings is 1. The van der Waals surface area contributed by atoms with Crippen molar-refractivity contribution >= 4 is 34.3 Å². The van der Waals surface area contributed by atoms with Crippen LogP contribution in [0.25, 0.3) is 22.4 Å². The number of anilines is 3. The number of hydroxylamine groups is 2. The van der Waals surface area contributed by atoms with Gasteiger partial charge in [-0.25, -0.2) is 24.8 Å². The molecule has 0 aliphatic carbocycles. The van der Waals surface area contributed by atoms with Crippen molar-refractivity contribution in [2.45, 2.75) is 13.3 Å². The van der Waals surface area contributed by atoms with Crippen molar-refractivity contribution in [3.8, 4) is 11.3 Å². The number of hydrogen-bond donors (Lipinski definition) is 3. The molecule has 9 nitrogen and oxygen atoms in total. The van der Waals surface area contributed by atoms with E-state index in [1.807, 2.05) is 49.4 Å². The second-order valence-corrected chi connectivity index (χ2v) is 7.24. The zero-order chi connectivity index (χ0) is 21.2. The van der Waals surface area contributed by atoms with E-state index in [-0.39, 0.29) is 6.03 Å². The number of para-hydroxylation sites is 1. The molecule has 2 aromatic heterocycles. The number of carbonyl (C=O) groups excluding carboxylic acids is 1. The summed E-state index contributed by atoms with van der Waals surface area (Å²) >= 11 is 0. The van der Waals surface area contributed by atoms with Crippen molar-refractivity contribution in [1.29, 1.82) is 0 Å². The van der Waals surface area contributed by atoms with E-state index in [1.165, 1.54) is 11.4 Å². The number of aromatic nitrogens is 4. The molecule has 0 saturated carbocycles. The molecule has 9 heteroatoms. The Kier molecular flexibility index (Phi) is 4.93. The molecule has 1 saturated heterocycles. The smallest absolute Gasteiger partial charge is 0.345 e. The minimum atomic E-state index is -0.268. The van der Waals surface area contributed by atoms with Crippen molar-refractivity contribution in [3.05, 3.63) is 60.7 Å². The van der Waals surface area contributed by atoms with E-state index in [1.54, 1.807) is 6.33 Å². The maximum Gasteiger partial charge on any atom is 0.345 e. The number of carbonyl (C=O) groups is 1. The molecule has 1 fully saturated rings. The molecule has 0 radical (unpaired) electrons. The predicted molar refractivity (Wildman–Crippen MR) is 118 cm³/mol. The summed E-state index contributed by atoms with van der Waals surface area (Å²) in [6.07, 6.45) is 3.97. The highest BCUT2D eigenvalue weighted by Crippen LogP contribution is 2.33. The lowest BCUT2D eigenvalue weighted by molar-refractivity contribution is -0.0614. The average Bonchev–Trinajstić information content (AvgIpc) is 3.48. The first-order valence-electron chi connectivity index (χ1n) is 10.0. The minimum absolute atomic E-state index is 0.268. The van der Waals surface area contributed by atoms with Crippen molar-refractivity contribution in [2.75, 3.05) is 23.8 Å². The summed E-state index contributed by atoms with van der Waals surface area (Å²) in [5.74, 6) is 0. The summed E-state index contributed by atoms with van der Waals surface area (Å²) in [4.78, 5) is 33.7. The average molecular weight is 415 g/mol. The summed E-state index contributed by atoms with van der Waals surface area (Å²) in [5, 5.41) is 7.74. The molecule has 2 amide bonds. The molecule has 0 bridgehead atoms. The number of nitrogens with one attached hydrogen (secondary N) is 3. The third-order valence-corrected chi connectivity index (χ3v) is 5.14. The normalized spacial score (nSPS) is 13.5. The maximum absolute atomic E-state index is 12.4. The van der Waals surface area contributed by atoms with E-state index in [2.05, 4.69) is 30.6 Å². The standard InChI is InChI=1S/C22H21N7O2/c1-14-7-8-15(27-22(30)29-9-4-10-31-29)11-18(14)28-17-6-3-2-5-16(17)19-20-21(25-12-23-19)26-13-24-20/h2-3,5-8,11-13,28H,4,9-10H2,1H3,(H,27,30)(H,23,24,25,26). The molecule has 3 N–H and O–H groups in total. The van der Waals surface area contributed by atoms with Crippen molar-refractivity contribution in [3.63, 3.8) is 0 Å². The maximum atomic E-state index is 12.4.